The predicted molar refractivity (Wildman–Crippen MR) is 87.0 cm³/mol. The van der Waals surface area contributed by atoms with E-state index < -0.39 is 5.60 Å². The van der Waals surface area contributed by atoms with Crippen LogP contribution in [0.3, 0.4) is 0 Å². The van der Waals surface area contributed by atoms with Crippen LogP contribution in [0.25, 0.3) is 0 Å². The van der Waals surface area contributed by atoms with Gasteiger partial charge in [-0.1, -0.05) is 0 Å². The molecule has 1 aromatic rings. The summed E-state index contributed by atoms with van der Waals surface area (Å²) in [4.78, 5) is 15.3. The van der Waals surface area contributed by atoms with Crippen molar-refractivity contribution >= 4 is 18.5 Å². The van der Waals surface area contributed by atoms with Crippen molar-refractivity contribution in [3.8, 4) is 0 Å². The van der Waals surface area contributed by atoms with Gasteiger partial charge in [-0.3, -0.25) is 4.79 Å². The van der Waals surface area contributed by atoms with Crippen LogP contribution >= 0.6 is 12.6 Å². The molecule has 1 atom stereocenters. The lowest BCUT2D eigenvalue weighted by molar-refractivity contribution is -0.143. The number of nitrogens with one attached hydrogen (secondary N) is 1. The Morgan fingerprint density at radius 2 is 2.23 bits per heavy atom. The Morgan fingerprint density at radius 1 is 1.41 bits per heavy atom. The average Bonchev–Trinajstić information content (AvgIpc) is 3.04. The molecule has 5 heteroatoms. The van der Waals surface area contributed by atoms with Gasteiger partial charge in [-0.15, -0.1) is 12.6 Å². The number of carbonyl (C=O) groups excluding carboxylic acids is 1. The topological polar surface area (TPSA) is 52.6 Å². The minimum atomic E-state index is -1.06. The molecule has 3 aliphatic rings. The lowest BCUT2D eigenvalue weighted by atomic mass is 9.90. The van der Waals surface area contributed by atoms with Gasteiger partial charge in [-0.05, 0) is 67.5 Å². The number of hydrogen-bond donors (Lipinski definition) is 3. The highest BCUT2D eigenvalue weighted by Crippen LogP contribution is 2.39. The van der Waals surface area contributed by atoms with Crippen LogP contribution in [0.5, 0.6) is 0 Å². The van der Waals surface area contributed by atoms with Gasteiger partial charge < -0.3 is 15.3 Å². The Labute approximate surface area is 136 Å². The quantitative estimate of drug-likeness (QED) is 0.729. The van der Waals surface area contributed by atoms with Gasteiger partial charge in [0.15, 0.2) is 0 Å². The molecule has 4 rings (SSSR count). The van der Waals surface area contributed by atoms with E-state index in [1.165, 1.54) is 23.1 Å². The molecule has 1 amide bonds. The fourth-order valence-electron chi connectivity index (χ4n) is 3.74. The average molecular weight is 318 g/mol. The molecular formula is C17H22N2O2S. The number of benzene rings is 1. The Morgan fingerprint density at radius 3 is 2.91 bits per heavy atom. The van der Waals surface area contributed by atoms with Gasteiger partial charge in [0.1, 0.15) is 5.60 Å². The number of rotatable bonds is 2. The zero-order valence-corrected chi connectivity index (χ0v) is 13.5. The SMILES string of the molecule is O=C(N1CCc2cc(S)cc([C@@H]3CCCN3)c2C1)C1(O)CC1. The summed E-state index contributed by atoms with van der Waals surface area (Å²) >= 11 is 4.55. The Bertz CT molecular complexity index is 621. The Balaban J connectivity index is 1.66. The molecule has 1 aliphatic carbocycles. The lowest BCUT2D eigenvalue weighted by Crippen LogP contribution is -2.43. The molecule has 2 aliphatic heterocycles. The predicted octanol–water partition coefficient (Wildman–Crippen LogP) is 1.81. The smallest absolute Gasteiger partial charge is 0.254 e. The molecule has 1 saturated heterocycles. The molecule has 2 heterocycles. The summed E-state index contributed by atoms with van der Waals surface area (Å²) in [6, 6.07) is 4.65. The number of hydrogen-bond acceptors (Lipinski definition) is 4. The van der Waals surface area contributed by atoms with E-state index in [1.54, 1.807) is 0 Å². The van der Waals surface area contributed by atoms with E-state index in [-0.39, 0.29) is 5.91 Å². The molecule has 0 aromatic heterocycles. The summed E-state index contributed by atoms with van der Waals surface area (Å²) in [7, 11) is 0. The van der Waals surface area contributed by atoms with Crippen molar-refractivity contribution in [2.75, 3.05) is 13.1 Å². The first-order chi connectivity index (χ1) is 10.6. The van der Waals surface area contributed by atoms with Gasteiger partial charge in [0.05, 0.1) is 0 Å². The third-order valence-corrected chi connectivity index (χ3v) is 5.46. The van der Waals surface area contributed by atoms with E-state index >= 15 is 0 Å². The van der Waals surface area contributed by atoms with Crippen molar-refractivity contribution in [2.24, 2.45) is 0 Å². The number of amides is 1. The maximum Gasteiger partial charge on any atom is 0.254 e. The van der Waals surface area contributed by atoms with E-state index in [2.05, 4.69) is 30.1 Å². The molecule has 1 saturated carbocycles. The third-order valence-electron chi connectivity index (χ3n) is 5.21. The number of thiol groups is 1. The Kier molecular flexibility index (Phi) is 3.47. The fourth-order valence-corrected chi connectivity index (χ4v) is 4.04. The molecule has 0 spiro atoms. The van der Waals surface area contributed by atoms with Crippen molar-refractivity contribution in [1.82, 2.24) is 10.2 Å². The molecule has 4 nitrogen and oxygen atoms in total. The highest BCUT2D eigenvalue weighted by Gasteiger charge is 2.50. The zero-order valence-electron chi connectivity index (χ0n) is 12.6. The second kappa shape index (κ2) is 5.25. The lowest BCUT2D eigenvalue weighted by Gasteiger charge is -2.33. The molecule has 0 bridgehead atoms. The summed E-state index contributed by atoms with van der Waals surface area (Å²) in [6.45, 7) is 2.37. The van der Waals surface area contributed by atoms with Crippen LogP contribution in [0.4, 0.5) is 0 Å². The first-order valence-corrected chi connectivity index (χ1v) is 8.61. The second-order valence-corrected chi connectivity index (χ2v) is 7.35. The summed E-state index contributed by atoms with van der Waals surface area (Å²) < 4.78 is 0. The number of nitrogens with zero attached hydrogens (tertiary/aromatic N) is 1. The van der Waals surface area contributed by atoms with E-state index in [4.69, 9.17) is 0 Å². The van der Waals surface area contributed by atoms with Crippen molar-refractivity contribution in [3.05, 3.63) is 28.8 Å². The first kappa shape index (κ1) is 14.5. The van der Waals surface area contributed by atoms with Crippen LogP contribution in [0.15, 0.2) is 17.0 Å². The zero-order chi connectivity index (χ0) is 15.3. The first-order valence-electron chi connectivity index (χ1n) is 8.17. The van der Waals surface area contributed by atoms with Crippen LogP contribution in [0.1, 0.15) is 48.4 Å². The van der Waals surface area contributed by atoms with E-state index in [1.807, 2.05) is 4.90 Å². The van der Waals surface area contributed by atoms with Crippen molar-refractivity contribution in [3.63, 3.8) is 0 Å². The highest BCUT2D eigenvalue weighted by molar-refractivity contribution is 7.80. The number of carbonyl (C=O) groups is 1. The van der Waals surface area contributed by atoms with E-state index in [9.17, 15) is 9.90 Å². The van der Waals surface area contributed by atoms with Gasteiger partial charge in [0.2, 0.25) is 0 Å². The standard InChI is InChI=1S/C17H22N2O2S/c20-16(17(21)4-5-17)19-7-3-11-8-12(22)9-13(14(11)10-19)15-2-1-6-18-15/h8-9,15,18,21-22H,1-7,10H2/t15-/m0/s1. The van der Waals surface area contributed by atoms with Gasteiger partial charge >= 0.3 is 0 Å². The summed E-state index contributed by atoms with van der Waals surface area (Å²) in [6.07, 6.45) is 4.41. The highest BCUT2D eigenvalue weighted by atomic mass is 32.1. The summed E-state index contributed by atoms with van der Waals surface area (Å²) in [5.41, 5.74) is 2.80. The van der Waals surface area contributed by atoms with Crippen LogP contribution in [0, 0.1) is 0 Å². The van der Waals surface area contributed by atoms with Crippen molar-refractivity contribution in [1.29, 1.82) is 0 Å². The van der Waals surface area contributed by atoms with Crippen LogP contribution < -0.4 is 5.32 Å². The number of aliphatic hydroxyl groups is 1. The molecule has 0 unspecified atom stereocenters. The molecule has 22 heavy (non-hydrogen) atoms. The third kappa shape index (κ3) is 2.45. The van der Waals surface area contributed by atoms with Crippen molar-refractivity contribution in [2.45, 2.75) is 55.2 Å². The van der Waals surface area contributed by atoms with Gasteiger partial charge in [-0.25, -0.2) is 0 Å². The van der Waals surface area contributed by atoms with Crippen LogP contribution in [-0.4, -0.2) is 34.6 Å². The minimum absolute atomic E-state index is 0.0848. The maximum atomic E-state index is 12.4. The molecule has 0 radical (unpaired) electrons. The van der Waals surface area contributed by atoms with E-state index in [0.29, 0.717) is 32.0 Å². The normalized spacial score (nSPS) is 25.9. The minimum Gasteiger partial charge on any atom is -0.380 e. The number of fused-ring (bicyclic) bond motifs is 1. The van der Waals surface area contributed by atoms with Gasteiger partial charge in [0.25, 0.3) is 5.91 Å². The second-order valence-electron chi connectivity index (χ2n) is 6.83. The maximum absolute atomic E-state index is 12.4. The van der Waals surface area contributed by atoms with Crippen molar-refractivity contribution < 1.29 is 9.90 Å². The molecule has 2 fully saturated rings. The Hall–Kier alpha value is -1.04. The van der Waals surface area contributed by atoms with Crippen LogP contribution in [0.2, 0.25) is 0 Å². The summed E-state index contributed by atoms with van der Waals surface area (Å²) in [5.74, 6) is -0.0848. The van der Waals surface area contributed by atoms with Gasteiger partial charge in [-0.2, -0.15) is 0 Å². The molecular weight excluding hydrogens is 296 g/mol. The summed E-state index contributed by atoms with van der Waals surface area (Å²) in [5, 5.41) is 13.7. The molecule has 2 N–H and O–H groups in total. The molecule has 118 valence electrons. The fraction of sp³-hybridized carbons (Fsp3) is 0.588. The largest absolute Gasteiger partial charge is 0.380 e. The van der Waals surface area contributed by atoms with Crippen LogP contribution in [-0.2, 0) is 17.8 Å². The molecule has 1 aromatic carbocycles. The van der Waals surface area contributed by atoms with E-state index in [0.717, 1.165) is 24.3 Å². The van der Waals surface area contributed by atoms with Gasteiger partial charge in [0, 0.05) is 24.0 Å². The monoisotopic (exact) mass is 318 g/mol.